The molecule has 8 nitrogen and oxygen atoms in total. The number of benzene rings is 1. The van der Waals surface area contributed by atoms with Crippen LogP contribution in [0.3, 0.4) is 0 Å². The molecule has 0 aliphatic heterocycles. The predicted molar refractivity (Wildman–Crippen MR) is 93.3 cm³/mol. The molecule has 9 heteroatoms. The number of aromatic carboxylic acids is 1. The Kier molecular flexibility index (Phi) is 4.63. The quantitative estimate of drug-likeness (QED) is 0.605. The Balaban J connectivity index is 1.99. The number of nitrogens with zero attached hydrogens (tertiary/aromatic N) is 1. The lowest BCUT2D eigenvalue weighted by molar-refractivity contribution is 0.0687. The van der Waals surface area contributed by atoms with Crippen LogP contribution in [0.25, 0.3) is 11.5 Å². The molecule has 3 N–H and O–H groups in total. The van der Waals surface area contributed by atoms with Gasteiger partial charge >= 0.3 is 5.97 Å². The van der Waals surface area contributed by atoms with E-state index in [0.29, 0.717) is 5.56 Å². The Hall–Kier alpha value is -3.33. The highest BCUT2D eigenvalue weighted by Crippen LogP contribution is 2.32. The smallest absolute Gasteiger partial charge is 0.358 e. The van der Waals surface area contributed by atoms with Gasteiger partial charge in [-0.2, -0.15) is 0 Å². The third-order valence-electron chi connectivity index (χ3n) is 3.43. The van der Waals surface area contributed by atoms with Crippen LogP contribution < -0.4 is 4.72 Å². The second-order valence-corrected chi connectivity index (χ2v) is 7.10. The van der Waals surface area contributed by atoms with E-state index in [4.69, 9.17) is 4.42 Å². The summed E-state index contributed by atoms with van der Waals surface area (Å²) in [4.78, 5) is 15.1. The summed E-state index contributed by atoms with van der Waals surface area (Å²) in [6.07, 6.45) is 1.36. The summed E-state index contributed by atoms with van der Waals surface area (Å²) in [5.41, 5.74) is -0.364. The topological polar surface area (TPSA) is 130 Å². The molecule has 0 amide bonds. The summed E-state index contributed by atoms with van der Waals surface area (Å²) in [7, 11) is -3.90. The lowest BCUT2D eigenvalue weighted by Crippen LogP contribution is -2.16. The summed E-state index contributed by atoms with van der Waals surface area (Å²) in [6, 6.07) is 12.8. The molecule has 3 rings (SSSR count). The van der Waals surface area contributed by atoms with Crippen LogP contribution in [0.5, 0.6) is 5.75 Å². The van der Waals surface area contributed by atoms with Crippen molar-refractivity contribution in [2.45, 2.75) is 5.75 Å². The van der Waals surface area contributed by atoms with Gasteiger partial charge in [-0.05, 0) is 23.8 Å². The number of furan rings is 1. The van der Waals surface area contributed by atoms with Crippen molar-refractivity contribution in [3.05, 3.63) is 66.1 Å². The van der Waals surface area contributed by atoms with Crippen molar-refractivity contribution < 1.29 is 27.8 Å². The van der Waals surface area contributed by atoms with E-state index in [2.05, 4.69) is 9.71 Å². The maximum Gasteiger partial charge on any atom is 0.358 e. The molecule has 0 radical (unpaired) electrons. The van der Waals surface area contributed by atoms with Gasteiger partial charge in [0, 0.05) is 0 Å². The van der Waals surface area contributed by atoms with Crippen LogP contribution in [0.2, 0.25) is 0 Å². The van der Waals surface area contributed by atoms with Crippen molar-refractivity contribution in [1.82, 2.24) is 4.98 Å². The van der Waals surface area contributed by atoms with E-state index >= 15 is 0 Å². The Morgan fingerprint density at radius 2 is 1.88 bits per heavy atom. The van der Waals surface area contributed by atoms with Crippen LogP contribution in [0.1, 0.15) is 16.1 Å². The average molecular weight is 374 g/mol. The molecule has 0 atom stereocenters. The van der Waals surface area contributed by atoms with Crippen LogP contribution in [-0.4, -0.2) is 29.6 Å². The van der Waals surface area contributed by atoms with E-state index in [1.165, 1.54) is 18.4 Å². The van der Waals surface area contributed by atoms with E-state index in [0.717, 1.165) is 0 Å². The highest BCUT2D eigenvalue weighted by atomic mass is 32.2. The fourth-order valence-electron chi connectivity index (χ4n) is 2.31. The zero-order valence-electron chi connectivity index (χ0n) is 13.3. The van der Waals surface area contributed by atoms with Gasteiger partial charge in [0.1, 0.15) is 5.69 Å². The van der Waals surface area contributed by atoms with Gasteiger partial charge in [0.25, 0.3) is 0 Å². The first kappa shape index (κ1) is 17.5. The zero-order valence-corrected chi connectivity index (χ0v) is 14.1. The summed E-state index contributed by atoms with van der Waals surface area (Å²) >= 11 is 0. The maximum atomic E-state index is 12.4. The van der Waals surface area contributed by atoms with Crippen LogP contribution in [-0.2, 0) is 15.8 Å². The van der Waals surface area contributed by atoms with E-state index in [1.807, 2.05) is 0 Å². The monoisotopic (exact) mass is 374 g/mol. The number of hydrogen-bond donors (Lipinski definition) is 3. The molecule has 0 aliphatic rings. The van der Waals surface area contributed by atoms with Crippen molar-refractivity contribution in [3.63, 3.8) is 0 Å². The number of nitrogens with one attached hydrogen (secondary N) is 1. The van der Waals surface area contributed by atoms with Gasteiger partial charge in [-0.25, -0.2) is 18.2 Å². The van der Waals surface area contributed by atoms with Crippen molar-refractivity contribution in [1.29, 1.82) is 0 Å². The van der Waals surface area contributed by atoms with Crippen molar-refractivity contribution in [3.8, 4) is 17.2 Å². The van der Waals surface area contributed by atoms with E-state index in [1.54, 1.807) is 36.4 Å². The number of aromatic hydroxyl groups is 1. The van der Waals surface area contributed by atoms with Crippen molar-refractivity contribution >= 4 is 21.7 Å². The molecule has 0 unspecified atom stereocenters. The molecule has 2 aromatic heterocycles. The fraction of sp³-hybridized carbons (Fsp3) is 0.0588. The number of hydrogen-bond acceptors (Lipinski definition) is 6. The van der Waals surface area contributed by atoms with E-state index in [-0.39, 0.29) is 22.9 Å². The lowest BCUT2D eigenvalue weighted by atomic mass is 10.2. The Morgan fingerprint density at radius 3 is 2.50 bits per heavy atom. The van der Waals surface area contributed by atoms with Crippen LogP contribution >= 0.6 is 0 Å². The average Bonchev–Trinajstić information content (AvgIpc) is 3.11. The predicted octanol–water partition coefficient (Wildman–Crippen LogP) is 2.69. The number of anilines is 1. The first-order valence-corrected chi connectivity index (χ1v) is 9.06. The fourth-order valence-corrected chi connectivity index (χ4v) is 3.51. The SMILES string of the molecule is O=C(O)c1nc(-c2ccco2)cc(NS(=O)(=O)Cc2ccccc2)c1O. The molecule has 0 fully saturated rings. The number of rotatable bonds is 6. The van der Waals surface area contributed by atoms with Gasteiger partial charge in [-0.15, -0.1) is 0 Å². The molecule has 26 heavy (non-hydrogen) atoms. The third-order valence-corrected chi connectivity index (χ3v) is 4.68. The van der Waals surface area contributed by atoms with E-state index in [9.17, 15) is 23.4 Å². The molecule has 0 aliphatic carbocycles. The molecule has 0 saturated heterocycles. The molecule has 0 saturated carbocycles. The van der Waals surface area contributed by atoms with Crippen LogP contribution in [0.15, 0.2) is 59.2 Å². The molecule has 2 heterocycles. The number of carboxylic acids is 1. The Labute approximate surface area is 148 Å². The Bertz CT molecular complexity index is 1030. The Morgan fingerprint density at radius 1 is 1.15 bits per heavy atom. The van der Waals surface area contributed by atoms with E-state index < -0.39 is 27.4 Å². The highest BCUT2D eigenvalue weighted by molar-refractivity contribution is 7.91. The first-order chi connectivity index (χ1) is 12.4. The van der Waals surface area contributed by atoms with Crippen molar-refractivity contribution in [2.75, 3.05) is 4.72 Å². The standard InChI is InChI=1S/C17H14N2O6S/c20-16-13(19-26(23,24)10-11-5-2-1-3-6-11)9-12(14-7-4-8-25-14)18-15(16)17(21)22/h1-9,20H,10H2,(H,18,19)(H,21,22). The normalized spacial score (nSPS) is 11.2. The lowest BCUT2D eigenvalue weighted by Gasteiger charge is -2.12. The summed E-state index contributed by atoms with van der Waals surface area (Å²) in [5.74, 6) is -2.38. The molecule has 0 spiro atoms. The number of pyridine rings is 1. The molecule has 134 valence electrons. The van der Waals surface area contributed by atoms with Crippen LogP contribution in [0.4, 0.5) is 5.69 Å². The number of carboxylic acid groups (broad SMARTS) is 1. The van der Waals surface area contributed by atoms with Crippen LogP contribution in [0, 0.1) is 0 Å². The number of aromatic nitrogens is 1. The minimum absolute atomic E-state index is 0.0719. The van der Waals surface area contributed by atoms with Crippen molar-refractivity contribution in [2.24, 2.45) is 0 Å². The first-order valence-electron chi connectivity index (χ1n) is 7.41. The van der Waals surface area contributed by atoms with Gasteiger partial charge in [-0.1, -0.05) is 30.3 Å². The van der Waals surface area contributed by atoms with Gasteiger partial charge in [0.05, 0.1) is 17.7 Å². The molecular weight excluding hydrogens is 360 g/mol. The summed E-state index contributed by atoms with van der Waals surface area (Å²) < 4.78 is 32.1. The van der Waals surface area contributed by atoms with Gasteiger partial charge in [0.15, 0.2) is 17.2 Å². The molecule has 0 bridgehead atoms. The highest BCUT2D eigenvalue weighted by Gasteiger charge is 2.22. The second-order valence-electron chi connectivity index (χ2n) is 5.38. The second kappa shape index (κ2) is 6.89. The maximum absolute atomic E-state index is 12.4. The van der Waals surface area contributed by atoms with Gasteiger partial charge in [0.2, 0.25) is 10.0 Å². The van der Waals surface area contributed by atoms with Gasteiger partial charge < -0.3 is 14.6 Å². The molecule has 1 aromatic carbocycles. The largest absolute Gasteiger partial charge is 0.504 e. The van der Waals surface area contributed by atoms with Gasteiger partial charge in [-0.3, -0.25) is 4.72 Å². The minimum atomic E-state index is -3.90. The molecule has 3 aromatic rings. The summed E-state index contributed by atoms with van der Waals surface area (Å²) in [6.45, 7) is 0. The number of carbonyl (C=O) groups is 1. The number of sulfonamides is 1. The molecular formula is C17H14N2O6S. The third kappa shape index (κ3) is 3.83. The minimum Gasteiger partial charge on any atom is -0.504 e. The summed E-state index contributed by atoms with van der Waals surface area (Å²) in [5, 5.41) is 19.3. The zero-order chi connectivity index (χ0) is 18.7.